The predicted molar refractivity (Wildman–Crippen MR) is 330 cm³/mol. The summed E-state index contributed by atoms with van der Waals surface area (Å²) in [6.07, 6.45) is 73.1. The summed E-state index contributed by atoms with van der Waals surface area (Å²) >= 11 is 0. The van der Waals surface area contributed by atoms with Crippen molar-refractivity contribution in [3.8, 4) is 0 Å². The van der Waals surface area contributed by atoms with Crippen LogP contribution in [0, 0.1) is 0 Å². The SMILES string of the molecule is CCCCC/C=C\C/C=C\C/C=C\C/C=C\CCCCCCCCCCCCCC(=O)OC(/C=C\CCCCCCCCCCC)C(COP(=O)([O-])OCC[N+](C)(C)C)NC(=O)CCCCC/C=C\CCCCCCCC. The number of rotatable bonds is 58. The maximum Gasteiger partial charge on any atom is 0.306 e. The fraction of sp³-hybridized carbons (Fsp3) is 0.791. The van der Waals surface area contributed by atoms with Gasteiger partial charge in [0.25, 0.3) is 7.82 Å². The molecule has 0 spiro atoms. The number of phosphoric acid groups is 1. The molecule has 0 fully saturated rings. The number of esters is 1. The number of carbonyl (C=O) groups is 2. The summed E-state index contributed by atoms with van der Waals surface area (Å²) in [4.78, 5) is 39.9. The number of unbranched alkanes of at least 4 members (excludes halogenated alkanes) is 32. The van der Waals surface area contributed by atoms with Crippen LogP contribution in [0.4, 0.5) is 0 Å². The van der Waals surface area contributed by atoms with Gasteiger partial charge in [0.1, 0.15) is 19.3 Å². The summed E-state index contributed by atoms with van der Waals surface area (Å²) in [5.74, 6) is -0.561. The van der Waals surface area contributed by atoms with E-state index in [9.17, 15) is 19.0 Å². The van der Waals surface area contributed by atoms with Crippen molar-refractivity contribution in [2.24, 2.45) is 0 Å². The summed E-state index contributed by atoms with van der Waals surface area (Å²) in [6.45, 7) is 6.79. The van der Waals surface area contributed by atoms with Crippen LogP contribution in [-0.4, -0.2) is 69.4 Å². The van der Waals surface area contributed by atoms with Gasteiger partial charge in [-0.05, 0) is 102 Å². The third-order valence-corrected chi connectivity index (χ3v) is 15.1. The molecule has 0 aromatic rings. The Bertz CT molecular complexity index is 1550. The van der Waals surface area contributed by atoms with E-state index in [1.54, 1.807) is 0 Å². The van der Waals surface area contributed by atoms with Crippen molar-refractivity contribution >= 4 is 19.7 Å². The molecule has 0 aromatic heterocycles. The van der Waals surface area contributed by atoms with Crippen molar-refractivity contribution in [3.63, 3.8) is 0 Å². The molecular formula is C67H123N2O7P. The number of carbonyl (C=O) groups excluding carboxylic acids is 2. The number of hydrogen-bond acceptors (Lipinski definition) is 7. The van der Waals surface area contributed by atoms with Crippen molar-refractivity contribution in [1.82, 2.24) is 5.32 Å². The second-order valence-corrected chi connectivity index (χ2v) is 24.3. The molecule has 77 heavy (non-hydrogen) atoms. The van der Waals surface area contributed by atoms with Crippen LogP contribution in [0.5, 0.6) is 0 Å². The highest BCUT2D eigenvalue weighted by molar-refractivity contribution is 7.45. The maximum atomic E-state index is 13.5. The largest absolute Gasteiger partial charge is 0.756 e. The highest BCUT2D eigenvalue weighted by Crippen LogP contribution is 2.38. The van der Waals surface area contributed by atoms with Crippen LogP contribution >= 0.6 is 7.82 Å². The number of hydrogen-bond donors (Lipinski definition) is 1. The van der Waals surface area contributed by atoms with Crippen LogP contribution in [0.2, 0.25) is 0 Å². The van der Waals surface area contributed by atoms with Crippen LogP contribution in [0.3, 0.4) is 0 Å². The van der Waals surface area contributed by atoms with E-state index in [1.807, 2.05) is 33.3 Å². The molecule has 0 rings (SSSR count). The number of likely N-dealkylation sites (N-methyl/N-ethyl adjacent to an activating group) is 1. The van der Waals surface area contributed by atoms with Gasteiger partial charge in [0.2, 0.25) is 5.91 Å². The van der Waals surface area contributed by atoms with Gasteiger partial charge in [-0.15, -0.1) is 0 Å². The van der Waals surface area contributed by atoms with Crippen LogP contribution < -0.4 is 10.2 Å². The van der Waals surface area contributed by atoms with E-state index >= 15 is 0 Å². The standard InChI is InChI=1S/C67H123N2O7P/c1-7-10-13-16-19-22-25-27-28-29-30-31-32-33-34-35-36-37-38-39-40-42-45-48-51-54-57-60-67(71)76-65(58-55-52-49-46-43-24-21-18-15-12-9-3)64(63-75-77(72,73)74-62-61-69(4,5)6)68-66(70)59-56-53-50-47-44-41-26-23-20-17-14-11-8-2/h19,22,27-28,30-31,33-34,41,44,55,58,64-65H,7-18,20-21,23-26,29,32,35-40,42-43,45-54,56-57,59-63H2,1-6H3,(H-,68,70,72,73)/b22-19-,28-27-,31-30-,34-33-,44-41-,58-55-. The van der Waals surface area contributed by atoms with Crippen LogP contribution in [-0.2, 0) is 27.9 Å². The number of amides is 1. The van der Waals surface area contributed by atoms with Crippen molar-refractivity contribution in [2.75, 3.05) is 40.9 Å². The summed E-state index contributed by atoms with van der Waals surface area (Å²) in [5, 5.41) is 3.01. The monoisotopic (exact) mass is 1100 g/mol. The van der Waals surface area contributed by atoms with E-state index in [-0.39, 0.29) is 24.9 Å². The molecule has 10 heteroatoms. The molecule has 1 amide bonds. The Morgan fingerprint density at radius 3 is 1.23 bits per heavy atom. The van der Waals surface area contributed by atoms with E-state index in [4.69, 9.17) is 13.8 Å². The first kappa shape index (κ1) is 74.5. The summed E-state index contributed by atoms with van der Waals surface area (Å²) in [5.41, 5.74) is 0. The topological polar surface area (TPSA) is 114 Å². The molecule has 0 aliphatic rings. The first-order chi connectivity index (χ1) is 37.4. The van der Waals surface area contributed by atoms with Crippen LogP contribution in [0.1, 0.15) is 290 Å². The van der Waals surface area contributed by atoms with Gasteiger partial charge in [0.15, 0.2) is 0 Å². The Morgan fingerprint density at radius 1 is 0.455 bits per heavy atom. The van der Waals surface area contributed by atoms with Crippen molar-refractivity contribution in [1.29, 1.82) is 0 Å². The lowest BCUT2D eigenvalue weighted by Crippen LogP contribution is -2.47. The van der Waals surface area contributed by atoms with Gasteiger partial charge >= 0.3 is 5.97 Å². The molecule has 0 aromatic carbocycles. The lowest BCUT2D eigenvalue weighted by molar-refractivity contribution is -0.870. The van der Waals surface area contributed by atoms with Gasteiger partial charge in [-0.25, -0.2) is 0 Å². The first-order valence-corrected chi connectivity index (χ1v) is 33.7. The lowest BCUT2D eigenvalue weighted by atomic mass is 10.0. The number of ether oxygens (including phenoxy) is 1. The molecule has 0 saturated heterocycles. The van der Waals surface area contributed by atoms with E-state index in [1.165, 1.54) is 167 Å². The molecule has 0 heterocycles. The van der Waals surface area contributed by atoms with E-state index in [0.717, 1.165) is 83.5 Å². The summed E-state index contributed by atoms with van der Waals surface area (Å²) in [6, 6.07) is -0.898. The average molecular weight is 1100 g/mol. The highest BCUT2D eigenvalue weighted by Gasteiger charge is 2.27. The van der Waals surface area contributed by atoms with E-state index < -0.39 is 26.6 Å². The molecular weight excluding hydrogens is 976 g/mol. The number of quaternary nitrogens is 1. The molecule has 0 saturated carbocycles. The van der Waals surface area contributed by atoms with Gasteiger partial charge in [-0.2, -0.15) is 0 Å². The molecule has 0 radical (unpaired) electrons. The average Bonchev–Trinajstić information content (AvgIpc) is 3.39. The second kappa shape index (κ2) is 56.7. The number of nitrogens with one attached hydrogen (secondary N) is 1. The summed E-state index contributed by atoms with van der Waals surface area (Å²) in [7, 11) is 1.17. The number of nitrogens with zero attached hydrogens (tertiary/aromatic N) is 1. The highest BCUT2D eigenvalue weighted by atomic mass is 31.2. The third-order valence-electron chi connectivity index (χ3n) is 14.1. The van der Waals surface area contributed by atoms with Crippen molar-refractivity contribution in [3.05, 3.63) is 72.9 Å². The van der Waals surface area contributed by atoms with E-state index in [0.29, 0.717) is 23.9 Å². The number of allylic oxidation sites excluding steroid dienone is 11. The Morgan fingerprint density at radius 2 is 0.792 bits per heavy atom. The van der Waals surface area contributed by atoms with Crippen molar-refractivity contribution < 1.29 is 37.3 Å². The molecule has 1 N–H and O–H groups in total. The Balaban J connectivity index is 5.05. The predicted octanol–water partition coefficient (Wildman–Crippen LogP) is 19.4. The lowest BCUT2D eigenvalue weighted by Gasteiger charge is -2.30. The van der Waals surface area contributed by atoms with Gasteiger partial charge in [-0.1, -0.05) is 248 Å². The van der Waals surface area contributed by atoms with Gasteiger partial charge in [0.05, 0.1) is 33.8 Å². The quantitative estimate of drug-likeness (QED) is 0.0212. The number of phosphoric ester groups is 1. The molecule has 3 unspecified atom stereocenters. The Hall–Kier alpha value is -2.55. The van der Waals surface area contributed by atoms with Gasteiger partial charge < -0.3 is 28.5 Å². The molecule has 0 aliphatic carbocycles. The molecule has 0 bridgehead atoms. The smallest absolute Gasteiger partial charge is 0.306 e. The Labute approximate surface area is 476 Å². The minimum atomic E-state index is -4.70. The molecule has 9 nitrogen and oxygen atoms in total. The maximum absolute atomic E-state index is 13.5. The van der Waals surface area contributed by atoms with Gasteiger partial charge in [-0.3, -0.25) is 14.2 Å². The fourth-order valence-corrected chi connectivity index (χ4v) is 9.81. The third kappa shape index (κ3) is 57.9. The molecule has 448 valence electrons. The molecule has 3 atom stereocenters. The fourth-order valence-electron chi connectivity index (χ4n) is 9.09. The zero-order valence-corrected chi connectivity index (χ0v) is 52.0. The van der Waals surface area contributed by atoms with Gasteiger partial charge in [0, 0.05) is 12.8 Å². The van der Waals surface area contributed by atoms with Crippen LogP contribution in [0.25, 0.3) is 0 Å². The molecule has 0 aliphatic heterocycles. The van der Waals surface area contributed by atoms with E-state index in [2.05, 4.69) is 86.8 Å². The zero-order chi connectivity index (χ0) is 56.4. The minimum absolute atomic E-state index is 0.0269. The first-order valence-electron chi connectivity index (χ1n) is 32.2. The normalized spacial score (nSPS) is 14.1. The van der Waals surface area contributed by atoms with Crippen molar-refractivity contribution in [2.45, 2.75) is 303 Å². The minimum Gasteiger partial charge on any atom is -0.756 e. The second-order valence-electron chi connectivity index (χ2n) is 22.9. The summed E-state index contributed by atoms with van der Waals surface area (Å²) < 4.78 is 30.3. The zero-order valence-electron chi connectivity index (χ0n) is 51.2. The Kier molecular flexibility index (Phi) is 54.8. The van der Waals surface area contributed by atoms with Crippen LogP contribution in [0.15, 0.2) is 72.9 Å².